The van der Waals surface area contributed by atoms with E-state index in [-0.39, 0.29) is 11.4 Å². The lowest BCUT2D eigenvalue weighted by molar-refractivity contribution is 0.0523. The van der Waals surface area contributed by atoms with Crippen molar-refractivity contribution >= 4 is 17.3 Å². The summed E-state index contributed by atoms with van der Waals surface area (Å²) in [5.74, 6) is -0.324. The molecule has 20 heavy (non-hydrogen) atoms. The average Bonchev–Trinajstić information content (AvgIpc) is 2.91. The number of thiazole rings is 1. The van der Waals surface area contributed by atoms with Crippen molar-refractivity contribution in [2.45, 2.75) is 33.1 Å². The lowest BCUT2D eigenvalue weighted by Gasteiger charge is -2.21. The molecule has 0 saturated carbocycles. The van der Waals surface area contributed by atoms with Crippen LogP contribution in [0.4, 0.5) is 0 Å². The molecule has 0 amide bonds. The highest BCUT2D eigenvalue weighted by Crippen LogP contribution is 2.28. The molecule has 2 aromatic heterocycles. The summed E-state index contributed by atoms with van der Waals surface area (Å²) < 4.78 is 5.10. The first-order valence-corrected chi connectivity index (χ1v) is 7.45. The third-order valence-corrected chi connectivity index (χ3v) is 3.38. The first-order chi connectivity index (χ1) is 9.43. The van der Waals surface area contributed by atoms with Crippen molar-refractivity contribution in [3.05, 3.63) is 34.3 Å². The lowest BCUT2D eigenvalue weighted by atomic mass is 9.88. The van der Waals surface area contributed by atoms with Crippen molar-refractivity contribution in [2.75, 3.05) is 6.61 Å². The van der Waals surface area contributed by atoms with Crippen molar-refractivity contribution in [2.24, 2.45) is 0 Å². The van der Waals surface area contributed by atoms with Crippen molar-refractivity contribution in [3.63, 3.8) is 0 Å². The summed E-state index contributed by atoms with van der Waals surface area (Å²) in [7, 11) is 0. The molecular weight excluding hydrogens is 272 g/mol. The molecule has 0 aliphatic carbocycles. The van der Waals surface area contributed by atoms with Gasteiger partial charge in [-0.15, -0.1) is 11.3 Å². The molecule has 0 atom stereocenters. The maximum absolute atomic E-state index is 12.0. The number of rotatable bonds is 3. The third kappa shape index (κ3) is 3.04. The summed E-state index contributed by atoms with van der Waals surface area (Å²) in [6.45, 7) is 8.25. The summed E-state index contributed by atoms with van der Waals surface area (Å²) in [5.41, 5.74) is 4.40. The Balaban J connectivity index is 2.52. The van der Waals surface area contributed by atoms with Gasteiger partial charge in [-0.05, 0) is 19.1 Å². The molecule has 0 N–H and O–H groups in total. The zero-order valence-electron chi connectivity index (χ0n) is 12.1. The van der Waals surface area contributed by atoms with Gasteiger partial charge in [0.25, 0.3) is 0 Å². The highest BCUT2D eigenvalue weighted by Gasteiger charge is 2.25. The van der Waals surface area contributed by atoms with Gasteiger partial charge >= 0.3 is 5.97 Å². The fourth-order valence-electron chi connectivity index (χ4n) is 1.89. The minimum atomic E-state index is -0.324. The molecule has 106 valence electrons. The minimum Gasteiger partial charge on any atom is -0.462 e. The van der Waals surface area contributed by atoms with E-state index in [9.17, 15) is 4.79 Å². The molecule has 2 heterocycles. The summed E-state index contributed by atoms with van der Waals surface area (Å²) in [6.07, 6.45) is 0. The molecule has 2 aromatic rings. The average molecular weight is 290 g/mol. The second-order valence-electron chi connectivity index (χ2n) is 5.44. The lowest BCUT2D eigenvalue weighted by Crippen LogP contribution is -2.20. The van der Waals surface area contributed by atoms with E-state index >= 15 is 0 Å². The Labute approximate surface area is 122 Å². The van der Waals surface area contributed by atoms with Gasteiger partial charge < -0.3 is 4.74 Å². The molecule has 0 spiro atoms. The molecule has 0 saturated heterocycles. The van der Waals surface area contributed by atoms with Crippen molar-refractivity contribution in [1.82, 2.24) is 9.97 Å². The van der Waals surface area contributed by atoms with Crippen LogP contribution in [0.15, 0.2) is 23.0 Å². The number of esters is 1. The van der Waals surface area contributed by atoms with E-state index in [1.54, 1.807) is 18.5 Å². The smallest absolute Gasteiger partial charge is 0.340 e. The molecule has 0 fully saturated rings. The van der Waals surface area contributed by atoms with Gasteiger partial charge in [0.1, 0.15) is 0 Å². The van der Waals surface area contributed by atoms with Gasteiger partial charge in [-0.25, -0.2) is 14.8 Å². The molecule has 4 nitrogen and oxygen atoms in total. The Morgan fingerprint density at radius 3 is 2.60 bits per heavy atom. The quantitative estimate of drug-likeness (QED) is 0.809. The molecule has 0 aliphatic heterocycles. The molecule has 0 aromatic carbocycles. The van der Waals surface area contributed by atoms with Gasteiger partial charge in [-0.2, -0.15) is 0 Å². The number of pyridine rings is 1. The van der Waals surface area contributed by atoms with E-state index in [4.69, 9.17) is 4.74 Å². The summed E-state index contributed by atoms with van der Waals surface area (Å²) in [6, 6.07) is 3.59. The van der Waals surface area contributed by atoms with Gasteiger partial charge in [0.05, 0.1) is 34.8 Å². The highest BCUT2D eigenvalue weighted by molar-refractivity contribution is 7.07. The van der Waals surface area contributed by atoms with Gasteiger partial charge in [-0.1, -0.05) is 20.8 Å². The molecule has 5 heteroatoms. The number of nitrogens with zero attached hydrogens (tertiary/aromatic N) is 2. The predicted octanol–water partition coefficient (Wildman–Crippen LogP) is 3.68. The van der Waals surface area contributed by atoms with E-state index in [2.05, 4.69) is 9.97 Å². The van der Waals surface area contributed by atoms with Gasteiger partial charge in [-0.3, -0.25) is 0 Å². The van der Waals surface area contributed by atoms with E-state index < -0.39 is 0 Å². The normalized spacial score (nSPS) is 11.4. The van der Waals surface area contributed by atoms with E-state index in [1.807, 2.05) is 32.2 Å². The monoisotopic (exact) mass is 290 g/mol. The number of aromatic nitrogens is 2. The Bertz CT molecular complexity index is 601. The van der Waals surface area contributed by atoms with Gasteiger partial charge in [0.2, 0.25) is 0 Å². The molecule has 0 aliphatic rings. The minimum absolute atomic E-state index is 0.242. The number of ether oxygens (including phenoxy) is 1. The molecule has 0 bridgehead atoms. The van der Waals surface area contributed by atoms with Gasteiger partial charge in [0, 0.05) is 10.8 Å². The zero-order chi connectivity index (χ0) is 14.8. The number of carbonyl (C=O) groups is 1. The third-order valence-electron chi connectivity index (χ3n) is 2.80. The first-order valence-electron chi connectivity index (χ1n) is 6.50. The van der Waals surface area contributed by atoms with Crippen molar-refractivity contribution in [1.29, 1.82) is 0 Å². The largest absolute Gasteiger partial charge is 0.462 e. The summed E-state index contributed by atoms with van der Waals surface area (Å²) in [4.78, 5) is 20.9. The topological polar surface area (TPSA) is 52.1 Å². The fraction of sp³-hybridized carbons (Fsp3) is 0.400. The standard InChI is InChI=1S/C15H18N2O2S/c1-5-19-14(18)10-6-7-11(12-8-20-9-16-12)17-13(10)15(2,3)4/h6-9H,5H2,1-4H3. The fourth-order valence-corrected chi connectivity index (χ4v) is 2.43. The predicted molar refractivity (Wildman–Crippen MR) is 80.0 cm³/mol. The maximum atomic E-state index is 12.0. The Hall–Kier alpha value is -1.75. The van der Waals surface area contributed by atoms with Crippen LogP contribution in [0.2, 0.25) is 0 Å². The SMILES string of the molecule is CCOC(=O)c1ccc(-c2cscn2)nc1C(C)(C)C. The maximum Gasteiger partial charge on any atom is 0.340 e. The van der Waals surface area contributed by atoms with Crippen molar-refractivity contribution in [3.8, 4) is 11.4 Å². The highest BCUT2D eigenvalue weighted by atomic mass is 32.1. The van der Waals surface area contributed by atoms with Gasteiger partial charge in [0.15, 0.2) is 0 Å². The van der Waals surface area contributed by atoms with Crippen LogP contribution in [0.1, 0.15) is 43.7 Å². The summed E-state index contributed by atoms with van der Waals surface area (Å²) in [5, 5.41) is 1.94. The van der Waals surface area contributed by atoms with Crippen LogP contribution in [0, 0.1) is 0 Å². The zero-order valence-corrected chi connectivity index (χ0v) is 13.0. The number of hydrogen-bond acceptors (Lipinski definition) is 5. The first kappa shape index (κ1) is 14.7. The molecule has 0 radical (unpaired) electrons. The van der Waals surface area contributed by atoms with Crippen LogP contribution < -0.4 is 0 Å². The molecule has 0 unspecified atom stereocenters. The van der Waals surface area contributed by atoms with Crippen LogP contribution in [0.25, 0.3) is 11.4 Å². The van der Waals surface area contributed by atoms with Crippen LogP contribution in [0.3, 0.4) is 0 Å². The second-order valence-corrected chi connectivity index (χ2v) is 6.16. The Morgan fingerprint density at radius 2 is 2.05 bits per heavy atom. The van der Waals surface area contributed by atoms with E-state index in [0.717, 1.165) is 17.1 Å². The van der Waals surface area contributed by atoms with Crippen LogP contribution in [0.5, 0.6) is 0 Å². The Kier molecular flexibility index (Phi) is 4.18. The van der Waals surface area contributed by atoms with Crippen LogP contribution in [-0.4, -0.2) is 22.5 Å². The number of carbonyl (C=O) groups excluding carboxylic acids is 1. The molecule has 2 rings (SSSR count). The summed E-state index contributed by atoms with van der Waals surface area (Å²) >= 11 is 1.52. The van der Waals surface area contributed by atoms with E-state index in [0.29, 0.717) is 12.2 Å². The van der Waals surface area contributed by atoms with Crippen LogP contribution >= 0.6 is 11.3 Å². The molecular formula is C15H18N2O2S. The van der Waals surface area contributed by atoms with Crippen LogP contribution in [-0.2, 0) is 10.2 Å². The second kappa shape index (κ2) is 5.71. The number of hydrogen-bond donors (Lipinski definition) is 0. The van der Waals surface area contributed by atoms with E-state index in [1.165, 1.54) is 11.3 Å². The Morgan fingerprint density at radius 1 is 1.30 bits per heavy atom. The van der Waals surface area contributed by atoms with Crippen molar-refractivity contribution < 1.29 is 9.53 Å².